The van der Waals surface area contributed by atoms with E-state index in [4.69, 9.17) is 9.97 Å². The Labute approximate surface area is 278 Å². The summed E-state index contributed by atoms with van der Waals surface area (Å²) in [5.74, 6) is 1.22. The van der Waals surface area contributed by atoms with Crippen molar-refractivity contribution in [2.75, 3.05) is 23.8 Å². The Balaban J connectivity index is 1.22. The van der Waals surface area contributed by atoms with Crippen LogP contribution in [0.2, 0.25) is 0 Å². The van der Waals surface area contributed by atoms with Crippen LogP contribution in [-0.4, -0.2) is 67.4 Å². The number of halogens is 1. The fraction of sp³-hybridized carbons (Fsp3) is 0.622. The maximum atomic E-state index is 13.8. The molecular weight excluding hydrogens is 593 g/mol. The summed E-state index contributed by atoms with van der Waals surface area (Å²) in [5, 5.41) is 18.1. The second kappa shape index (κ2) is 13.5. The van der Waals surface area contributed by atoms with E-state index in [0.29, 0.717) is 18.0 Å². The first-order chi connectivity index (χ1) is 22.8. The van der Waals surface area contributed by atoms with Gasteiger partial charge in [-0.25, -0.2) is 9.37 Å². The Morgan fingerprint density at radius 2 is 1.74 bits per heavy atom. The van der Waals surface area contributed by atoms with Gasteiger partial charge in [0.05, 0.1) is 23.9 Å². The van der Waals surface area contributed by atoms with Gasteiger partial charge in [0.1, 0.15) is 11.6 Å². The van der Waals surface area contributed by atoms with Crippen LogP contribution in [0.25, 0.3) is 0 Å². The zero-order valence-electron chi connectivity index (χ0n) is 28.1. The maximum absolute atomic E-state index is 13.8. The van der Waals surface area contributed by atoms with Crippen LogP contribution in [0.15, 0.2) is 36.7 Å². The van der Waals surface area contributed by atoms with E-state index in [0.717, 1.165) is 92.1 Å². The van der Waals surface area contributed by atoms with Gasteiger partial charge in [0.25, 0.3) is 0 Å². The van der Waals surface area contributed by atoms with Gasteiger partial charge in [0.2, 0.25) is 5.95 Å². The lowest BCUT2D eigenvalue weighted by atomic mass is 9.77. The van der Waals surface area contributed by atoms with E-state index >= 15 is 0 Å². The molecule has 47 heavy (non-hydrogen) atoms. The largest absolute Gasteiger partial charge is 0.481 e. The van der Waals surface area contributed by atoms with Crippen molar-refractivity contribution in [2.45, 2.75) is 114 Å². The van der Waals surface area contributed by atoms with Gasteiger partial charge in [-0.3, -0.25) is 14.4 Å². The molecule has 1 saturated carbocycles. The molecule has 252 valence electrons. The van der Waals surface area contributed by atoms with Crippen molar-refractivity contribution >= 4 is 17.7 Å². The highest BCUT2D eigenvalue weighted by atomic mass is 19.1. The van der Waals surface area contributed by atoms with E-state index in [1.54, 1.807) is 12.1 Å². The Morgan fingerprint density at radius 3 is 2.36 bits per heavy atom. The van der Waals surface area contributed by atoms with Crippen LogP contribution in [0, 0.1) is 17.7 Å². The van der Waals surface area contributed by atoms with Gasteiger partial charge < -0.3 is 15.3 Å². The van der Waals surface area contributed by atoms with E-state index in [1.807, 2.05) is 30.1 Å². The summed E-state index contributed by atoms with van der Waals surface area (Å²) in [6.45, 7) is 3.13. The summed E-state index contributed by atoms with van der Waals surface area (Å²) in [5.41, 5.74) is 4.58. The number of hydrogen-bond donors (Lipinski definition) is 2. The predicted octanol–water partition coefficient (Wildman–Crippen LogP) is 6.51. The monoisotopic (exact) mass is 643 g/mol. The molecule has 10 heteroatoms. The lowest BCUT2D eigenvalue weighted by molar-refractivity contribution is -0.143. The molecule has 0 amide bonds. The molecule has 0 radical (unpaired) electrons. The normalized spacial score (nSPS) is 26.9. The minimum absolute atomic E-state index is 0.0292. The predicted molar refractivity (Wildman–Crippen MR) is 181 cm³/mol. The third-order valence-corrected chi connectivity index (χ3v) is 11.9. The number of nitrogens with one attached hydrogen (secondary N) is 1. The van der Waals surface area contributed by atoms with E-state index in [1.165, 1.54) is 25.7 Å². The second-order valence-electron chi connectivity index (χ2n) is 14.6. The SMILES string of the molecule is CC[C@H](C1CCC(C(=O)O)CC1)N(C)c1nc2c(c(N[C@@H](CN3C4CCC3CC4)c3cnn(C)c3)n1)C[C@H](c1ccc(F)cc1)CC2. The fourth-order valence-corrected chi connectivity index (χ4v) is 9.27. The fourth-order valence-electron chi connectivity index (χ4n) is 9.27. The van der Waals surface area contributed by atoms with Crippen LogP contribution in [-0.2, 0) is 24.7 Å². The van der Waals surface area contributed by atoms with Crippen molar-refractivity contribution in [1.82, 2.24) is 24.6 Å². The van der Waals surface area contributed by atoms with Crippen molar-refractivity contribution in [3.63, 3.8) is 0 Å². The van der Waals surface area contributed by atoms with E-state index in [9.17, 15) is 14.3 Å². The van der Waals surface area contributed by atoms with Gasteiger partial charge in [0.15, 0.2) is 0 Å². The van der Waals surface area contributed by atoms with Crippen LogP contribution in [0.5, 0.6) is 0 Å². The number of carboxylic acids is 1. The zero-order chi connectivity index (χ0) is 32.7. The number of anilines is 2. The molecule has 1 aromatic carbocycles. The Bertz CT molecular complexity index is 1530. The van der Waals surface area contributed by atoms with Crippen LogP contribution >= 0.6 is 0 Å². The lowest BCUT2D eigenvalue weighted by Crippen LogP contribution is -2.41. The van der Waals surface area contributed by atoms with Gasteiger partial charge in [-0.1, -0.05) is 19.1 Å². The number of aromatic nitrogens is 4. The molecule has 3 atom stereocenters. The molecule has 2 N–H and O–H groups in total. The highest BCUT2D eigenvalue weighted by Gasteiger charge is 2.41. The molecule has 2 bridgehead atoms. The van der Waals surface area contributed by atoms with Gasteiger partial charge in [-0.15, -0.1) is 0 Å². The molecule has 3 aromatic rings. The topological polar surface area (TPSA) is 99.4 Å². The molecule has 0 unspecified atom stereocenters. The molecule has 9 nitrogen and oxygen atoms in total. The lowest BCUT2D eigenvalue weighted by Gasteiger charge is -2.38. The molecule has 3 fully saturated rings. The van der Waals surface area contributed by atoms with Crippen LogP contribution in [0.3, 0.4) is 0 Å². The minimum Gasteiger partial charge on any atom is -0.481 e. The Morgan fingerprint density at radius 1 is 1.04 bits per heavy atom. The maximum Gasteiger partial charge on any atom is 0.306 e. The summed E-state index contributed by atoms with van der Waals surface area (Å²) in [7, 11) is 4.09. The highest BCUT2D eigenvalue weighted by molar-refractivity contribution is 5.70. The van der Waals surface area contributed by atoms with Gasteiger partial charge >= 0.3 is 5.97 Å². The molecule has 2 aliphatic heterocycles. The Hall–Kier alpha value is -3.53. The summed E-state index contributed by atoms with van der Waals surface area (Å²) in [6, 6.07) is 8.56. The number of rotatable bonds is 11. The minimum atomic E-state index is -0.664. The second-order valence-corrected chi connectivity index (χ2v) is 14.6. The number of nitrogens with zero attached hydrogens (tertiary/aromatic N) is 6. The average molecular weight is 644 g/mol. The van der Waals surface area contributed by atoms with E-state index < -0.39 is 5.97 Å². The van der Waals surface area contributed by atoms with E-state index in [2.05, 4.69) is 40.4 Å². The number of benzene rings is 1. The third kappa shape index (κ3) is 6.62. The van der Waals surface area contributed by atoms with Gasteiger partial charge in [-0.05, 0) is 107 Å². The molecule has 2 saturated heterocycles. The van der Waals surface area contributed by atoms with Crippen LogP contribution in [0.1, 0.15) is 105 Å². The van der Waals surface area contributed by atoms with Gasteiger partial charge in [0, 0.05) is 56.1 Å². The quantitative estimate of drug-likeness (QED) is 0.244. The molecule has 2 aromatic heterocycles. The summed E-state index contributed by atoms with van der Waals surface area (Å²) < 4.78 is 15.7. The van der Waals surface area contributed by atoms with Crippen LogP contribution < -0.4 is 10.2 Å². The number of fused-ring (bicyclic) bond motifs is 3. The smallest absolute Gasteiger partial charge is 0.306 e. The van der Waals surface area contributed by atoms with Crippen molar-refractivity contribution in [3.05, 3.63) is 64.9 Å². The number of hydrogen-bond acceptors (Lipinski definition) is 7. The standard InChI is InChI=1S/C37H50FN7O2/c1-4-34(24-5-7-25(8-6-24)36(46)47)44(3)37-41-32-18-11-26(23-9-12-28(38)13-10-23)19-31(32)35(42-37)40-33(27-20-39-43(2)21-27)22-45-29-14-15-30(45)17-16-29/h9-10,12-13,20-21,24-26,29-30,33-34H,4-8,11,14-19,22H2,1-3H3,(H,46,47)(H,40,41,42)/t24?,25?,26-,29?,30?,33+,34-/m1/s1. The van der Waals surface area contributed by atoms with Crippen molar-refractivity contribution in [2.24, 2.45) is 18.9 Å². The number of carboxylic acid groups (broad SMARTS) is 1. The third-order valence-electron chi connectivity index (χ3n) is 11.9. The number of aryl methyl sites for hydroxylation is 2. The number of aliphatic carboxylic acids is 1. The Kier molecular flexibility index (Phi) is 9.22. The van der Waals surface area contributed by atoms with Crippen molar-refractivity contribution in [1.29, 1.82) is 0 Å². The van der Waals surface area contributed by atoms with Crippen molar-refractivity contribution < 1.29 is 14.3 Å². The summed E-state index contributed by atoms with van der Waals surface area (Å²) in [4.78, 5) is 27.2. The molecule has 4 aliphatic rings. The summed E-state index contributed by atoms with van der Waals surface area (Å²) in [6.07, 6.45) is 16.1. The van der Waals surface area contributed by atoms with Crippen molar-refractivity contribution in [3.8, 4) is 0 Å². The first kappa shape index (κ1) is 32.0. The van der Waals surface area contributed by atoms with Gasteiger partial charge in [-0.2, -0.15) is 10.1 Å². The van der Waals surface area contributed by atoms with E-state index in [-0.39, 0.29) is 29.7 Å². The number of carbonyl (C=O) groups is 1. The summed E-state index contributed by atoms with van der Waals surface area (Å²) >= 11 is 0. The molecule has 2 aliphatic carbocycles. The van der Waals surface area contributed by atoms with Crippen LogP contribution in [0.4, 0.5) is 16.2 Å². The zero-order valence-corrected chi connectivity index (χ0v) is 28.1. The molecule has 0 spiro atoms. The molecular formula is C37H50FN7O2. The highest BCUT2D eigenvalue weighted by Crippen LogP contribution is 2.41. The first-order valence-corrected chi connectivity index (χ1v) is 17.9. The first-order valence-electron chi connectivity index (χ1n) is 17.9. The molecule has 4 heterocycles. The molecule has 7 rings (SSSR count). The average Bonchev–Trinajstić information content (AvgIpc) is 3.80.